The fourth-order valence-electron chi connectivity index (χ4n) is 16.4. The second kappa shape index (κ2) is 51.2. The first-order valence-electron chi connectivity index (χ1n) is 45.0. The number of unbranched alkanes of at least 4 members (excludes halogenated alkanes) is 1. The highest BCUT2D eigenvalue weighted by atomic mass is 32.2. The molecule has 1 aliphatic rings. The summed E-state index contributed by atoms with van der Waals surface area (Å²) in [5.74, 6) is -17.8. The largest absolute Gasteiger partial charge is 0.508 e. The Morgan fingerprint density at radius 1 is 0.448 bits per heavy atom. The third-order valence-corrected chi connectivity index (χ3v) is 24.9. The van der Waals surface area contributed by atoms with Crippen LogP contribution in [0, 0.1) is 17.8 Å². The molecule has 8 aromatic rings. The lowest BCUT2D eigenvalue weighted by molar-refractivity contribution is -0.151. The van der Waals surface area contributed by atoms with Crippen molar-refractivity contribution in [3.05, 3.63) is 239 Å². The van der Waals surface area contributed by atoms with Gasteiger partial charge >= 0.3 is 5.97 Å². The molecule has 134 heavy (non-hydrogen) atoms. The summed E-state index contributed by atoms with van der Waals surface area (Å²) < 4.78 is 0. The molecule has 712 valence electrons. The molecule has 33 heteroatoms. The number of aromatic amines is 1. The van der Waals surface area contributed by atoms with E-state index < -0.39 is 211 Å². The van der Waals surface area contributed by atoms with Crippen LogP contribution in [-0.2, 0) is 122 Å². The van der Waals surface area contributed by atoms with Crippen molar-refractivity contribution in [3.8, 4) is 11.5 Å². The van der Waals surface area contributed by atoms with E-state index in [1.807, 2.05) is 19.1 Å². The van der Waals surface area contributed by atoms with Gasteiger partial charge in [-0.3, -0.25) is 76.7 Å². The van der Waals surface area contributed by atoms with Gasteiger partial charge in [0.25, 0.3) is 0 Å². The number of Topliss-reactive ketones (excluding diaryl/α,β-unsaturated/α-hetero) is 3. The van der Waals surface area contributed by atoms with Gasteiger partial charge in [-0.2, -0.15) is 0 Å². The number of nitrogens with zero attached hydrogens (tertiary/aromatic N) is 5. The highest BCUT2D eigenvalue weighted by Gasteiger charge is 2.42. The van der Waals surface area contributed by atoms with E-state index in [-0.39, 0.29) is 87.4 Å². The zero-order valence-corrected chi connectivity index (χ0v) is 77.7. The van der Waals surface area contributed by atoms with E-state index in [0.29, 0.717) is 57.1 Å². The fourth-order valence-corrected chi connectivity index (χ4v) is 17.3. The Hall–Kier alpha value is -13.9. The number of primary amides is 1. The van der Waals surface area contributed by atoms with Crippen LogP contribution in [0.25, 0.3) is 10.9 Å². The van der Waals surface area contributed by atoms with Crippen LogP contribution in [-0.4, -0.2) is 253 Å². The van der Waals surface area contributed by atoms with Crippen LogP contribution < -0.4 is 37.6 Å². The number of benzene rings is 7. The lowest BCUT2D eigenvalue weighted by atomic mass is 9.85. The second-order valence-electron chi connectivity index (χ2n) is 34.8. The van der Waals surface area contributed by atoms with E-state index in [1.165, 1.54) is 93.6 Å². The minimum atomic E-state index is -1.59. The van der Waals surface area contributed by atoms with Crippen LogP contribution in [0.1, 0.15) is 124 Å². The average Bonchev–Trinajstić information content (AvgIpc) is 1.01. The summed E-state index contributed by atoms with van der Waals surface area (Å²) in [6.07, 6.45) is -1.66. The quantitative estimate of drug-likeness (QED) is 0.0268. The number of carbonyl (C=O) groups excluding carboxylic acids is 15. The summed E-state index contributed by atoms with van der Waals surface area (Å²) >= 11 is 0.876. The molecule has 0 spiro atoms. The first kappa shape index (κ1) is 104. The number of carboxylic acid groups (broad SMARTS) is 1. The molecule has 1 fully saturated rings. The summed E-state index contributed by atoms with van der Waals surface area (Å²) in [5, 5.41) is 48.8. The van der Waals surface area contributed by atoms with Crippen LogP contribution in [0.4, 0.5) is 0 Å². The van der Waals surface area contributed by atoms with E-state index in [9.17, 15) is 44.1 Å². The van der Waals surface area contributed by atoms with Crippen LogP contribution in [0.5, 0.6) is 11.5 Å². The maximum absolute atomic E-state index is 15.7. The third-order valence-electron chi connectivity index (χ3n) is 23.9. The monoisotopic (exact) mass is 1850 g/mol. The van der Waals surface area contributed by atoms with Crippen molar-refractivity contribution in [1.29, 1.82) is 0 Å². The molecular formula is C101H123N13O19S. The number of aromatic hydroxyl groups is 2. The standard InChI is InChI=1S/C101H123N13O19S/c1-9-10-35-84-100(132)110(4)59-75(117)54-71(57-92(123)124)88(119)56-70(41-36-64-25-15-11-16-26-64)97(129)113(7)85(52-66-29-19-13-20-30-66)96(128)108-81(51-69-39-44-74(116)45-40-69)98(130)111(5)60-90(121)104-80(55-72-58-103-77-34-24-23-33-76(72)77)95(127)107-79(49-68-37-42-73(115)43-38-68)94(126)106-78(48-63(2)3)93(125)109-83(87(118)46-47-89(102)120)61-134-62-91(122)105-82(50-65-27-17-12-18-28-65)99(131)114(8)86(101(133)112(84)6)53-67-31-21-14-22-32-67/h11-34,37-40,42-45,58,63,70-71,78-86,103,115-116H,9-10,35-36,41,46-57,59-62H2,1-8H3,(H2,102,120)(H,104,121)(H,105,122)(H,106,126)(H,107,127)(H,108,128)(H,109,125)(H,123,124)/t70-,71+,78+,79+,80+,81+,82+,83+,84+,85+,86+/m1/s1. The van der Waals surface area contributed by atoms with Crippen molar-refractivity contribution in [3.63, 3.8) is 0 Å². The number of carbonyl (C=O) groups is 16. The molecule has 0 saturated carbocycles. The van der Waals surface area contributed by atoms with E-state index in [2.05, 4.69) is 36.9 Å². The smallest absolute Gasteiger partial charge is 0.304 e. The van der Waals surface area contributed by atoms with Crippen molar-refractivity contribution in [2.75, 3.05) is 59.8 Å². The minimum absolute atomic E-state index is 0.0440. The molecule has 1 aromatic heterocycles. The van der Waals surface area contributed by atoms with E-state index in [0.717, 1.165) is 32.0 Å². The first-order chi connectivity index (χ1) is 64.0. The number of phenolic OH excluding ortho intramolecular Hbond substituents is 2. The van der Waals surface area contributed by atoms with Gasteiger partial charge in [0.05, 0.1) is 31.3 Å². The molecule has 7 aromatic carbocycles. The Morgan fingerprint density at radius 3 is 1.48 bits per heavy atom. The number of amides is 12. The lowest BCUT2D eigenvalue weighted by Crippen LogP contribution is -2.59. The molecule has 0 unspecified atom stereocenters. The number of ketones is 3. The number of para-hydroxylation sites is 1. The number of likely N-dealkylation sites (N-methyl/N-ethyl adjacent to an activating group) is 5. The number of hydrogen-bond acceptors (Lipinski definition) is 19. The van der Waals surface area contributed by atoms with Crippen molar-refractivity contribution < 1.29 is 92.0 Å². The van der Waals surface area contributed by atoms with Gasteiger partial charge in [0.15, 0.2) is 11.6 Å². The molecule has 32 nitrogen and oxygen atoms in total. The number of phenols is 2. The van der Waals surface area contributed by atoms with Crippen molar-refractivity contribution in [2.24, 2.45) is 23.5 Å². The Labute approximate surface area is 784 Å². The topological polar surface area (TPSA) is 464 Å². The van der Waals surface area contributed by atoms with Crippen molar-refractivity contribution in [2.45, 2.75) is 184 Å². The number of nitrogens with two attached hydrogens (primary N) is 1. The van der Waals surface area contributed by atoms with Gasteiger partial charge in [0.2, 0.25) is 70.9 Å². The number of H-pyrrole nitrogens is 1. The number of aliphatic carboxylic acids is 1. The van der Waals surface area contributed by atoms with Crippen LogP contribution in [0.2, 0.25) is 0 Å². The van der Waals surface area contributed by atoms with Crippen LogP contribution in [0.15, 0.2) is 200 Å². The molecular weight excluding hydrogens is 1730 g/mol. The maximum Gasteiger partial charge on any atom is 0.304 e. The van der Waals surface area contributed by atoms with E-state index >= 15 is 47.9 Å². The number of rotatable bonds is 26. The average molecular weight is 1860 g/mol. The highest BCUT2D eigenvalue weighted by molar-refractivity contribution is 8.00. The minimum Gasteiger partial charge on any atom is -0.508 e. The number of aromatic nitrogens is 1. The summed E-state index contributed by atoms with van der Waals surface area (Å²) in [4.78, 5) is 247. The van der Waals surface area contributed by atoms with Gasteiger partial charge in [0, 0.05) is 134 Å². The summed E-state index contributed by atoms with van der Waals surface area (Å²) in [7, 11) is 6.75. The predicted octanol–water partition coefficient (Wildman–Crippen LogP) is 6.72. The lowest BCUT2D eigenvalue weighted by Gasteiger charge is -2.37. The molecule has 0 radical (unpaired) electrons. The van der Waals surface area contributed by atoms with Crippen LogP contribution >= 0.6 is 11.8 Å². The Bertz CT molecular complexity index is 5380. The molecule has 1 aliphatic heterocycles. The number of aryl methyl sites for hydroxylation is 1. The van der Waals surface area contributed by atoms with Crippen molar-refractivity contribution >= 4 is 117 Å². The zero-order chi connectivity index (χ0) is 97.2. The number of thioether (sulfide) groups is 1. The molecule has 0 bridgehead atoms. The zero-order valence-electron chi connectivity index (χ0n) is 76.9. The fraction of sp³-hybridized carbons (Fsp3) is 0.406. The molecule has 1 saturated heterocycles. The van der Waals surface area contributed by atoms with Gasteiger partial charge in [-0.1, -0.05) is 197 Å². The molecule has 2 heterocycles. The molecule has 0 aliphatic carbocycles. The van der Waals surface area contributed by atoms with Gasteiger partial charge in [0.1, 0.15) is 65.6 Å². The normalized spacial score (nSPS) is 21.6. The highest BCUT2D eigenvalue weighted by Crippen LogP contribution is 2.28. The summed E-state index contributed by atoms with van der Waals surface area (Å²) in [5.41, 5.74) is 10.0. The maximum atomic E-state index is 15.7. The number of nitrogens with one attached hydrogen (secondary N) is 7. The Morgan fingerprint density at radius 2 is 0.918 bits per heavy atom. The SMILES string of the molecule is CCCC[C@H]1C(=O)N(C)CC(=O)C[C@@H](CC(=O)O)C(=O)C[C@@H](CCc2ccccc2)C(=O)N(C)[C@@H](Cc2ccccc2)C(=O)N[C@@H](Cc2ccc(O)cc2)C(=O)N(C)CC(=O)N[C@@H](Cc2c[nH]c3ccccc23)C(=O)N[C@@H](Cc2ccc(O)cc2)C(=O)N[C@@H](CC(C)C)C(=O)N[C@H](C(=O)CCC(N)=O)CSCC(=O)N[C@@H](Cc2ccccc2)C(=O)N(C)[C@@H](Cc2ccccc2)C(=O)N1C. The van der Waals surface area contributed by atoms with Gasteiger partial charge in [-0.25, -0.2) is 0 Å². The van der Waals surface area contributed by atoms with Crippen molar-refractivity contribution in [1.82, 2.24) is 61.4 Å². The molecule has 12 amide bonds. The van der Waals surface area contributed by atoms with Gasteiger partial charge in [-0.15, -0.1) is 11.8 Å². The Balaban J connectivity index is 1.13. The summed E-state index contributed by atoms with van der Waals surface area (Å²) in [6.45, 7) is 3.94. The molecule has 12 N–H and O–H groups in total. The first-order valence-corrected chi connectivity index (χ1v) is 46.2. The van der Waals surface area contributed by atoms with E-state index in [1.54, 1.807) is 154 Å². The van der Waals surface area contributed by atoms with Gasteiger partial charge < -0.3 is 82.4 Å². The molecule has 11 atom stereocenters. The number of hydrogen-bond donors (Lipinski definition) is 11. The molecule has 9 rings (SSSR count). The number of fused-ring (bicyclic) bond motifs is 1. The van der Waals surface area contributed by atoms with Crippen LogP contribution in [0.3, 0.4) is 0 Å². The second-order valence-corrected chi connectivity index (χ2v) is 35.8. The Kier molecular flexibility index (Phi) is 39.7. The third kappa shape index (κ3) is 31.7. The predicted molar refractivity (Wildman–Crippen MR) is 506 cm³/mol. The number of carboxylic acids is 1. The van der Waals surface area contributed by atoms with E-state index in [4.69, 9.17) is 5.73 Å². The van der Waals surface area contributed by atoms with Gasteiger partial charge in [-0.05, 0) is 101 Å². The summed E-state index contributed by atoms with van der Waals surface area (Å²) in [6, 6.07) is 40.4.